The number of anilines is 1. The number of carbonyl (C=O) groups excluding carboxylic acids is 3. The summed E-state index contributed by atoms with van der Waals surface area (Å²) in [6, 6.07) is 12.2. The summed E-state index contributed by atoms with van der Waals surface area (Å²) in [5, 5.41) is 6.76. The topological polar surface area (TPSA) is 107 Å². The highest BCUT2D eigenvalue weighted by Gasteiger charge is 2.18. The van der Waals surface area contributed by atoms with Crippen molar-refractivity contribution in [3.8, 4) is 0 Å². The van der Waals surface area contributed by atoms with Gasteiger partial charge in [-0.1, -0.05) is 17.7 Å². The number of hydrogen-bond acceptors (Lipinski definition) is 6. The smallest absolute Gasteiger partial charge is 0.374 e. The molecule has 0 aliphatic carbocycles. The molecule has 3 aromatic rings. The first-order chi connectivity index (χ1) is 14.4. The van der Waals surface area contributed by atoms with Gasteiger partial charge in [0.25, 0.3) is 5.91 Å². The van der Waals surface area contributed by atoms with Crippen LogP contribution in [-0.2, 0) is 20.9 Å². The number of carbonyl (C=O) groups is 3. The van der Waals surface area contributed by atoms with E-state index in [0.29, 0.717) is 18.0 Å². The molecule has 0 aliphatic rings. The van der Waals surface area contributed by atoms with Crippen LogP contribution in [0.15, 0.2) is 59.3 Å². The first-order valence-electron chi connectivity index (χ1n) is 9.24. The van der Waals surface area contributed by atoms with Gasteiger partial charge < -0.3 is 19.4 Å². The van der Waals surface area contributed by atoms with Crippen molar-refractivity contribution >= 4 is 23.5 Å². The van der Waals surface area contributed by atoms with E-state index in [9.17, 15) is 14.4 Å². The molecule has 9 nitrogen and oxygen atoms in total. The van der Waals surface area contributed by atoms with E-state index >= 15 is 0 Å². The van der Waals surface area contributed by atoms with Crippen LogP contribution in [0.5, 0.6) is 0 Å². The lowest BCUT2D eigenvalue weighted by Gasteiger charge is -2.16. The van der Waals surface area contributed by atoms with E-state index in [4.69, 9.17) is 9.15 Å². The van der Waals surface area contributed by atoms with Crippen molar-refractivity contribution < 1.29 is 23.5 Å². The number of ether oxygens (including phenoxy) is 1. The number of likely N-dealkylation sites (N-methyl/N-ethyl adjacent to an activating group) is 1. The molecular formula is C21H22N4O5. The number of furan rings is 1. The van der Waals surface area contributed by atoms with Crippen LogP contribution >= 0.6 is 0 Å². The van der Waals surface area contributed by atoms with E-state index in [2.05, 4.69) is 10.4 Å². The molecule has 0 atom stereocenters. The van der Waals surface area contributed by atoms with Crippen molar-refractivity contribution in [3.63, 3.8) is 0 Å². The number of hydrogen-bond donors (Lipinski definition) is 1. The van der Waals surface area contributed by atoms with Crippen LogP contribution in [0.2, 0.25) is 0 Å². The SMILES string of the molecule is Cc1ccc(NC(=O)CN(C)C(=O)COC(=O)c2ccc(Cn3cccn3)o2)cc1. The first-order valence-corrected chi connectivity index (χ1v) is 9.24. The summed E-state index contributed by atoms with van der Waals surface area (Å²) in [5.41, 5.74) is 1.72. The fraction of sp³-hybridized carbons (Fsp3) is 0.238. The number of rotatable bonds is 8. The summed E-state index contributed by atoms with van der Waals surface area (Å²) < 4.78 is 12.1. The Labute approximate surface area is 173 Å². The summed E-state index contributed by atoms with van der Waals surface area (Å²) in [4.78, 5) is 37.5. The molecule has 0 saturated carbocycles. The summed E-state index contributed by atoms with van der Waals surface area (Å²) >= 11 is 0. The monoisotopic (exact) mass is 410 g/mol. The second kappa shape index (κ2) is 9.55. The van der Waals surface area contributed by atoms with Crippen LogP contribution in [0.25, 0.3) is 0 Å². The number of aromatic nitrogens is 2. The maximum Gasteiger partial charge on any atom is 0.374 e. The number of nitrogens with one attached hydrogen (secondary N) is 1. The molecule has 0 aliphatic heterocycles. The highest BCUT2D eigenvalue weighted by Crippen LogP contribution is 2.11. The van der Waals surface area contributed by atoms with Gasteiger partial charge in [0.1, 0.15) is 5.76 Å². The average molecular weight is 410 g/mol. The minimum atomic E-state index is -0.757. The van der Waals surface area contributed by atoms with Gasteiger partial charge in [-0.2, -0.15) is 5.10 Å². The van der Waals surface area contributed by atoms with E-state index in [-0.39, 0.29) is 18.2 Å². The Kier molecular flexibility index (Phi) is 6.63. The number of nitrogens with zero attached hydrogens (tertiary/aromatic N) is 3. The molecular weight excluding hydrogens is 388 g/mol. The molecule has 0 fully saturated rings. The van der Waals surface area contributed by atoms with E-state index < -0.39 is 18.5 Å². The molecule has 30 heavy (non-hydrogen) atoms. The maximum atomic E-state index is 12.2. The minimum absolute atomic E-state index is 0.00952. The second-order valence-corrected chi connectivity index (χ2v) is 6.71. The number of aryl methyl sites for hydroxylation is 1. The van der Waals surface area contributed by atoms with Crippen molar-refractivity contribution in [2.75, 3.05) is 25.5 Å². The molecule has 1 aromatic carbocycles. The molecule has 2 amide bonds. The van der Waals surface area contributed by atoms with Crippen LogP contribution < -0.4 is 5.32 Å². The predicted molar refractivity (Wildman–Crippen MR) is 108 cm³/mol. The normalized spacial score (nSPS) is 10.5. The van der Waals surface area contributed by atoms with E-state index in [0.717, 1.165) is 5.56 Å². The summed E-state index contributed by atoms with van der Waals surface area (Å²) in [6.07, 6.45) is 3.41. The van der Waals surface area contributed by atoms with Crippen LogP contribution in [0, 0.1) is 6.92 Å². The third-order valence-electron chi connectivity index (χ3n) is 4.21. The van der Waals surface area contributed by atoms with Crippen molar-refractivity contribution in [1.82, 2.24) is 14.7 Å². The van der Waals surface area contributed by atoms with Crippen molar-refractivity contribution in [2.45, 2.75) is 13.5 Å². The minimum Gasteiger partial charge on any atom is -0.452 e. The third kappa shape index (κ3) is 5.81. The third-order valence-corrected chi connectivity index (χ3v) is 4.21. The van der Waals surface area contributed by atoms with Gasteiger partial charge in [-0.3, -0.25) is 14.3 Å². The fourth-order valence-corrected chi connectivity index (χ4v) is 2.58. The molecule has 156 valence electrons. The number of benzene rings is 1. The molecule has 0 bridgehead atoms. The maximum absolute atomic E-state index is 12.2. The lowest BCUT2D eigenvalue weighted by atomic mass is 10.2. The van der Waals surface area contributed by atoms with E-state index in [1.54, 1.807) is 41.3 Å². The zero-order valence-corrected chi connectivity index (χ0v) is 16.7. The van der Waals surface area contributed by atoms with Gasteiger partial charge >= 0.3 is 5.97 Å². The number of esters is 1. The molecule has 9 heteroatoms. The van der Waals surface area contributed by atoms with Gasteiger partial charge in [-0.05, 0) is 37.3 Å². The largest absolute Gasteiger partial charge is 0.452 e. The molecule has 3 rings (SSSR count). The molecule has 0 unspecified atom stereocenters. The van der Waals surface area contributed by atoms with Crippen molar-refractivity contribution in [1.29, 1.82) is 0 Å². The highest BCUT2D eigenvalue weighted by atomic mass is 16.5. The number of amides is 2. The standard InChI is InChI=1S/C21H22N4O5/c1-15-4-6-16(7-5-15)23-19(26)13-24(2)20(27)14-29-21(28)18-9-8-17(30-18)12-25-11-3-10-22-25/h3-11H,12-14H2,1-2H3,(H,23,26). The van der Waals surface area contributed by atoms with Gasteiger partial charge in [0.15, 0.2) is 6.61 Å². The molecule has 0 spiro atoms. The Hall–Kier alpha value is -3.88. The van der Waals surface area contributed by atoms with Crippen molar-refractivity contribution in [3.05, 3.63) is 71.9 Å². The summed E-state index contributed by atoms with van der Waals surface area (Å²) in [7, 11) is 1.46. The van der Waals surface area contributed by atoms with Crippen LogP contribution in [0.3, 0.4) is 0 Å². The van der Waals surface area contributed by atoms with Gasteiger partial charge in [0, 0.05) is 25.1 Å². The van der Waals surface area contributed by atoms with Gasteiger partial charge in [-0.15, -0.1) is 0 Å². The summed E-state index contributed by atoms with van der Waals surface area (Å²) in [6.45, 7) is 1.65. The average Bonchev–Trinajstić information content (AvgIpc) is 3.40. The predicted octanol–water partition coefficient (Wildman–Crippen LogP) is 2.09. The first kappa shape index (κ1) is 20.8. The lowest BCUT2D eigenvalue weighted by Crippen LogP contribution is -2.37. The molecule has 2 aromatic heterocycles. The van der Waals surface area contributed by atoms with E-state index in [1.807, 2.05) is 19.1 Å². The Morgan fingerprint density at radius 3 is 2.63 bits per heavy atom. The molecule has 0 radical (unpaired) electrons. The van der Waals surface area contributed by atoms with E-state index in [1.165, 1.54) is 18.0 Å². The Balaban J connectivity index is 1.43. The lowest BCUT2D eigenvalue weighted by molar-refractivity contribution is -0.136. The van der Waals surface area contributed by atoms with Crippen molar-refractivity contribution in [2.24, 2.45) is 0 Å². The van der Waals surface area contributed by atoms with Crippen LogP contribution in [0.4, 0.5) is 5.69 Å². The van der Waals surface area contributed by atoms with Crippen LogP contribution in [0.1, 0.15) is 21.9 Å². The fourth-order valence-electron chi connectivity index (χ4n) is 2.58. The quantitative estimate of drug-likeness (QED) is 0.570. The Morgan fingerprint density at radius 1 is 1.17 bits per heavy atom. The molecule has 1 N–H and O–H groups in total. The molecule has 2 heterocycles. The van der Waals surface area contributed by atoms with Crippen LogP contribution in [-0.4, -0.2) is 52.7 Å². The van der Waals surface area contributed by atoms with Gasteiger partial charge in [0.05, 0.1) is 13.1 Å². The Bertz CT molecular complexity index is 1010. The van der Waals surface area contributed by atoms with Gasteiger partial charge in [0.2, 0.25) is 11.7 Å². The molecule has 0 saturated heterocycles. The van der Waals surface area contributed by atoms with Gasteiger partial charge in [-0.25, -0.2) is 4.79 Å². The second-order valence-electron chi connectivity index (χ2n) is 6.71. The summed E-state index contributed by atoms with van der Waals surface area (Å²) in [5.74, 6) is -1.10. The zero-order chi connectivity index (χ0) is 21.5. The Morgan fingerprint density at radius 2 is 1.93 bits per heavy atom. The zero-order valence-electron chi connectivity index (χ0n) is 16.7. The highest BCUT2D eigenvalue weighted by molar-refractivity contribution is 5.95.